The van der Waals surface area contributed by atoms with Gasteiger partial charge in [-0.1, -0.05) is 0 Å². The van der Waals surface area contributed by atoms with Crippen molar-refractivity contribution in [3.8, 4) is 23.0 Å². The Morgan fingerprint density at radius 1 is 0.885 bits per heavy atom. The van der Waals surface area contributed by atoms with E-state index in [1.54, 1.807) is 14.2 Å². The number of methoxy groups -OCH3 is 2. The predicted molar refractivity (Wildman–Crippen MR) is 97.4 cm³/mol. The van der Waals surface area contributed by atoms with Gasteiger partial charge in [0.05, 0.1) is 40.8 Å². The van der Waals surface area contributed by atoms with Crippen molar-refractivity contribution in [3.05, 3.63) is 46.5 Å². The molecule has 5 heteroatoms. The molecule has 1 aliphatic carbocycles. The van der Waals surface area contributed by atoms with E-state index in [2.05, 4.69) is 38.4 Å². The number of likely N-dealkylation sites (N-methyl/N-ethyl adjacent to an activating group) is 1. The first kappa shape index (κ1) is 15.8. The Balaban J connectivity index is 1.76. The smallest absolute Gasteiger partial charge is 0.231 e. The molecular formula is C21H24NO4+. The van der Waals surface area contributed by atoms with Gasteiger partial charge in [0.15, 0.2) is 23.0 Å². The van der Waals surface area contributed by atoms with E-state index in [0.717, 1.165) is 40.4 Å². The highest BCUT2D eigenvalue weighted by Gasteiger charge is 2.46. The first-order valence-electron chi connectivity index (χ1n) is 9.02. The van der Waals surface area contributed by atoms with Crippen LogP contribution in [0.15, 0.2) is 24.3 Å². The van der Waals surface area contributed by atoms with Crippen LogP contribution in [0.3, 0.4) is 0 Å². The van der Waals surface area contributed by atoms with Crippen molar-refractivity contribution in [1.29, 1.82) is 0 Å². The summed E-state index contributed by atoms with van der Waals surface area (Å²) in [6.45, 7) is 1.37. The molecule has 2 atom stereocenters. The van der Waals surface area contributed by atoms with Gasteiger partial charge in [-0.15, -0.1) is 0 Å². The third kappa shape index (κ3) is 2.07. The maximum Gasteiger partial charge on any atom is 0.231 e. The van der Waals surface area contributed by atoms with Crippen LogP contribution in [-0.4, -0.2) is 46.1 Å². The van der Waals surface area contributed by atoms with Gasteiger partial charge in [0.25, 0.3) is 0 Å². The molecule has 0 radical (unpaired) electrons. The Morgan fingerprint density at radius 3 is 2.23 bits per heavy atom. The molecule has 2 aromatic carbocycles. The summed E-state index contributed by atoms with van der Waals surface area (Å²) in [5.74, 6) is 3.64. The van der Waals surface area contributed by atoms with Crippen LogP contribution in [0.4, 0.5) is 0 Å². The molecule has 6 rings (SSSR count). The lowest BCUT2D eigenvalue weighted by Crippen LogP contribution is -2.48. The maximum atomic E-state index is 5.66. The second kappa shape index (κ2) is 5.30. The van der Waals surface area contributed by atoms with Gasteiger partial charge in [-0.3, -0.25) is 0 Å². The number of ether oxygens (including phenoxy) is 4. The van der Waals surface area contributed by atoms with Crippen LogP contribution in [-0.2, 0) is 6.42 Å². The Labute approximate surface area is 153 Å². The van der Waals surface area contributed by atoms with Crippen molar-refractivity contribution < 1.29 is 23.4 Å². The third-order valence-electron chi connectivity index (χ3n) is 6.24. The maximum absolute atomic E-state index is 5.66. The van der Waals surface area contributed by atoms with Crippen LogP contribution in [0.1, 0.15) is 34.2 Å². The summed E-state index contributed by atoms with van der Waals surface area (Å²) in [4.78, 5) is 0. The van der Waals surface area contributed by atoms with E-state index in [1.807, 2.05) is 0 Å². The van der Waals surface area contributed by atoms with Crippen molar-refractivity contribution in [3.63, 3.8) is 0 Å². The Morgan fingerprint density at radius 2 is 1.54 bits per heavy atom. The minimum Gasteiger partial charge on any atom is -0.493 e. The SMILES string of the molecule is COc1cc2c(cc1OC)C1Cc3cc4c(cc3C2C[N+]1(C)C)OCO4. The van der Waals surface area contributed by atoms with Gasteiger partial charge in [-0.05, 0) is 41.0 Å². The average Bonchev–Trinajstić information content (AvgIpc) is 3.00. The molecule has 26 heavy (non-hydrogen) atoms. The summed E-state index contributed by atoms with van der Waals surface area (Å²) < 4.78 is 23.4. The average molecular weight is 354 g/mol. The van der Waals surface area contributed by atoms with Crippen molar-refractivity contribution in [2.24, 2.45) is 0 Å². The largest absolute Gasteiger partial charge is 0.493 e. The van der Waals surface area contributed by atoms with E-state index < -0.39 is 0 Å². The van der Waals surface area contributed by atoms with E-state index in [0.29, 0.717) is 18.8 Å². The molecule has 0 N–H and O–H groups in total. The monoisotopic (exact) mass is 354 g/mol. The van der Waals surface area contributed by atoms with Crippen LogP contribution >= 0.6 is 0 Å². The van der Waals surface area contributed by atoms with Gasteiger partial charge in [0.1, 0.15) is 6.04 Å². The molecule has 0 saturated carbocycles. The third-order valence-corrected chi connectivity index (χ3v) is 6.24. The molecule has 0 saturated heterocycles. The minimum atomic E-state index is 0.308. The summed E-state index contributed by atoms with van der Waals surface area (Å²) in [5.41, 5.74) is 5.43. The zero-order valence-corrected chi connectivity index (χ0v) is 15.7. The summed E-state index contributed by atoms with van der Waals surface area (Å²) in [6, 6.07) is 9.10. The fourth-order valence-electron chi connectivity index (χ4n) is 4.91. The Bertz CT molecular complexity index is 905. The summed E-state index contributed by atoms with van der Waals surface area (Å²) >= 11 is 0. The Hall–Kier alpha value is -2.40. The van der Waals surface area contributed by atoms with Crippen molar-refractivity contribution >= 4 is 0 Å². The van der Waals surface area contributed by atoms with Crippen LogP contribution in [0.2, 0.25) is 0 Å². The zero-order valence-electron chi connectivity index (χ0n) is 15.7. The number of benzene rings is 2. The van der Waals surface area contributed by atoms with E-state index in [1.165, 1.54) is 22.3 Å². The van der Waals surface area contributed by atoms with Gasteiger partial charge in [0.2, 0.25) is 6.79 Å². The normalized spacial score (nSPS) is 23.8. The van der Waals surface area contributed by atoms with Crippen molar-refractivity contribution in [1.82, 2.24) is 0 Å². The minimum absolute atomic E-state index is 0.308. The van der Waals surface area contributed by atoms with Gasteiger partial charge in [-0.2, -0.15) is 0 Å². The highest BCUT2D eigenvalue weighted by molar-refractivity contribution is 5.58. The fraction of sp³-hybridized carbons (Fsp3) is 0.429. The van der Waals surface area contributed by atoms with E-state index in [4.69, 9.17) is 18.9 Å². The molecule has 0 fully saturated rings. The van der Waals surface area contributed by atoms with E-state index >= 15 is 0 Å². The van der Waals surface area contributed by atoms with Crippen LogP contribution < -0.4 is 18.9 Å². The molecule has 3 aliphatic heterocycles. The molecule has 2 aromatic rings. The molecule has 2 unspecified atom stereocenters. The first-order chi connectivity index (χ1) is 12.5. The summed E-state index contributed by atoms with van der Waals surface area (Å²) in [6.07, 6.45) is 0.984. The van der Waals surface area contributed by atoms with E-state index in [9.17, 15) is 0 Å². The topological polar surface area (TPSA) is 36.9 Å². The lowest BCUT2D eigenvalue weighted by atomic mass is 9.83. The molecule has 4 aliphatic rings. The number of hydrogen-bond acceptors (Lipinski definition) is 4. The number of nitrogens with zero attached hydrogens (tertiary/aromatic N) is 1. The molecule has 136 valence electrons. The quantitative estimate of drug-likeness (QED) is 0.776. The fourth-order valence-corrected chi connectivity index (χ4v) is 4.91. The lowest BCUT2D eigenvalue weighted by Gasteiger charge is -2.44. The molecule has 0 spiro atoms. The van der Waals surface area contributed by atoms with Crippen LogP contribution in [0.5, 0.6) is 23.0 Å². The van der Waals surface area contributed by atoms with Crippen molar-refractivity contribution in [2.45, 2.75) is 18.4 Å². The van der Waals surface area contributed by atoms with Gasteiger partial charge >= 0.3 is 0 Å². The van der Waals surface area contributed by atoms with Gasteiger partial charge in [0, 0.05) is 12.0 Å². The highest BCUT2D eigenvalue weighted by Crippen LogP contribution is 2.52. The van der Waals surface area contributed by atoms with Gasteiger partial charge < -0.3 is 23.4 Å². The number of quaternary nitrogens is 1. The summed E-state index contributed by atoms with van der Waals surface area (Å²) in [5, 5.41) is 0. The predicted octanol–water partition coefficient (Wildman–Crippen LogP) is 3.25. The number of rotatable bonds is 2. The van der Waals surface area contributed by atoms with E-state index in [-0.39, 0.29) is 0 Å². The first-order valence-corrected chi connectivity index (χ1v) is 9.02. The van der Waals surface area contributed by atoms with Crippen LogP contribution in [0.25, 0.3) is 0 Å². The van der Waals surface area contributed by atoms with Crippen LogP contribution in [0, 0.1) is 0 Å². The molecular weight excluding hydrogens is 330 g/mol. The molecule has 2 bridgehead atoms. The lowest BCUT2D eigenvalue weighted by molar-refractivity contribution is -0.923. The van der Waals surface area contributed by atoms with Gasteiger partial charge in [-0.25, -0.2) is 0 Å². The standard InChI is InChI=1S/C21H24NO4/c1-22(2)10-16-13-7-21-20(25-11-26-21)6-12(13)5-17(22)15-9-19(24-4)18(23-3)8-14(15)16/h6-9,16-17H,5,10-11H2,1-4H3/q+1. The second-order valence-electron chi connectivity index (χ2n) is 7.97. The molecule has 0 amide bonds. The number of hydrogen-bond donors (Lipinski definition) is 0. The molecule has 0 aromatic heterocycles. The number of fused-ring (bicyclic) bond motifs is 2. The molecule has 3 heterocycles. The summed E-state index contributed by atoms with van der Waals surface area (Å²) in [7, 11) is 8.05. The molecule has 5 nitrogen and oxygen atoms in total. The zero-order chi connectivity index (χ0) is 18.1. The highest BCUT2D eigenvalue weighted by atomic mass is 16.7. The van der Waals surface area contributed by atoms with Crippen molar-refractivity contribution in [2.75, 3.05) is 41.7 Å². The second-order valence-corrected chi connectivity index (χ2v) is 7.97. The Kier molecular flexibility index (Phi) is 3.23.